The molecule has 2 aliphatic heterocycles. The molecule has 3 aromatic carbocycles. The van der Waals surface area contributed by atoms with Crippen molar-refractivity contribution in [3.05, 3.63) is 82.0 Å². The average Bonchev–Trinajstić information content (AvgIpc) is 3.56. The van der Waals surface area contributed by atoms with Crippen LogP contribution in [0.15, 0.2) is 48.5 Å². The van der Waals surface area contributed by atoms with Gasteiger partial charge in [-0.1, -0.05) is 29.8 Å². The Hall–Kier alpha value is -4.70. The van der Waals surface area contributed by atoms with Gasteiger partial charge in [0.25, 0.3) is 0 Å². The van der Waals surface area contributed by atoms with Crippen LogP contribution in [0.4, 0.5) is 17.6 Å². The molecule has 0 amide bonds. The summed E-state index contributed by atoms with van der Waals surface area (Å²) in [4.78, 5) is 27.1. The van der Waals surface area contributed by atoms with Crippen molar-refractivity contribution in [3.63, 3.8) is 0 Å². The van der Waals surface area contributed by atoms with Crippen molar-refractivity contribution in [2.75, 3.05) is 52.4 Å². The second-order valence-electron chi connectivity index (χ2n) is 13.8. The number of aliphatic carboxylic acids is 1. The second kappa shape index (κ2) is 16.6. The third kappa shape index (κ3) is 8.59. The molecule has 0 spiro atoms. The fourth-order valence-electron chi connectivity index (χ4n) is 7.49. The van der Waals surface area contributed by atoms with E-state index in [1.807, 2.05) is 60.5 Å². The topological polar surface area (TPSA) is 125 Å². The van der Waals surface area contributed by atoms with E-state index in [1.165, 1.54) is 12.1 Å². The van der Waals surface area contributed by atoms with Gasteiger partial charge in [0.1, 0.15) is 17.3 Å². The number of ether oxygens (including phenoxy) is 1. The first kappa shape index (κ1) is 40.0. The van der Waals surface area contributed by atoms with Crippen LogP contribution in [0.2, 0.25) is 5.02 Å². The zero-order chi connectivity index (χ0) is 39.6. The van der Waals surface area contributed by atoms with Crippen LogP contribution in [-0.4, -0.2) is 111 Å². The number of hydrogen-bond donors (Lipinski definition) is 3. The van der Waals surface area contributed by atoms with E-state index < -0.39 is 18.1 Å². The number of nitrogens with one attached hydrogen (secondary N) is 1. The molecule has 2 aliphatic rings. The zero-order valence-electron chi connectivity index (χ0n) is 30.7. The average molecular weight is 787 g/mol. The highest BCUT2D eigenvalue weighted by Crippen LogP contribution is 2.42. The van der Waals surface area contributed by atoms with E-state index in [-0.39, 0.29) is 5.82 Å². The summed E-state index contributed by atoms with van der Waals surface area (Å²) in [5, 5.41) is 29.0. The number of hydrogen-bond acceptors (Lipinski definition) is 7. The summed E-state index contributed by atoms with van der Waals surface area (Å²) < 4.78 is 55.6. The number of rotatable bonds is 11. The Morgan fingerprint density at radius 1 is 0.982 bits per heavy atom. The van der Waals surface area contributed by atoms with Crippen LogP contribution >= 0.6 is 11.6 Å². The molecule has 3 N–H and O–H groups in total. The smallest absolute Gasteiger partial charge is 0.490 e. The molecule has 4 heterocycles. The van der Waals surface area contributed by atoms with Crippen molar-refractivity contribution in [2.24, 2.45) is 7.05 Å². The second-order valence-corrected chi connectivity index (χ2v) is 14.2. The summed E-state index contributed by atoms with van der Waals surface area (Å²) in [5.74, 6) is -3.32. The molecular weight excluding hydrogens is 744 g/mol. The normalized spacial score (nSPS) is 15.6. The van der Waals surface area contributed by atoms with Crippen LogP contribution in [0.1, 0.15) is 33.9 Å². The Bertz CT molecular complexity index is 2210. The Labute approximate surface area is 320 Å². The standard InChI is InChI=1S/C37H42ClFN6O3.C2HF3O2/c1-23-33(24(2)42(3)41-23)34-31(38)12-11-30-29(7-5-19-48-32-8-4-6-25-20-26(39)9-10-28(25)32)36(37(46)47)45(35(30)34)18-15-43-13-16-44(17-14-43)27-21-40-22-27;3-2(4,5)1(6)7/h4,6,8-12,20,27,40H,5,7,13-19,21-22H2,1-3H3,(H,46,47);(H,6,7). The first-order valence-electron chi connectivity index (χ1n) is 18.0. The predicted octanol–water partition coefficient (Wildman–Crippen LogP) is 6.54. The molecule has 294 valence electrons. The van der Waals surface area contributed by atoms with Gasteiger partial charge in [-0.2, -0.15) is 18.3 Å². The van der Waals surface area contributed by atoms with Gasteiger partial charge in [0.05, 0.1) is 22.8 Å². The van der Waals surface area contributed by atoms with E-state index in [0.717, 1.165) is 95.6 Å². The number of carboxylic acids is 2. The van der Waals surface area contributed by atoms with Crippen LogP contribution in [0.3, 0.4) is 0 Å². The zero-order valence-corrected chi connectivity index (χ0v) is 31.5. The number of nitrogens with zero attached hydrogens (tertiary/aromatic N) is 5. The quantitative estimate of drug-likeness (QED) is 0.101. The number of fused-ring (bicyclic) bond motifs is 2. The van der Waals surface area contributed by atoms with Gasteiger partial charge in [0, 0.05) is 93.0 Å². The molecule has 0 atom stereocenters. The lowest BCUT2D eigenvalue weighted by Crippen LogP contribution is -2.61. The number of alkyl halides is 3. The number of aryl methyl sites for hydroxylation is 3. The summed E-state index contributed by atoms with van der Waals surface area (Å²) in [6.07, 6.45) is -3.98. The molecular formula is C39H43ClF4N6O5. The largest absolute Gasteiger partial charge is 0.493 e. The summed E-state index contributed by atoms with van der Waals surface area (Å²) in [5.41, 5.74) is 5.50. The van der Waals surface area contributed by atoms with Gasteiger partial charge in [0.15, 0.2) is 0 Å². The van der Waals surface area contributed by atoms with Crippen molar-refractivity contribution < 1.29 is 42.1 Å². The highest BCUT2D eigenvalue weighted by atomic mass is 35.5. The van der Waals surface area contributed by atoms with Gasteiger partial charge in [-0.3, -0.25) is 14.5 Å². The molecule has 0 saturated carbocycles. The molecule has 7 rings (SSSR count). The van der Waals surface area contributed by atoms with Crippen LogP contribution in [0.5, 0.6) is 5.75 Å². The van der Waals surface area contributed by atoms with Gasteiger partial charge in [-0.05, 0) is 68.0 Å². The van der Waals surface area contributed by atoms with Crippen molar-refractivity contribution in [3.8, 4) is 16.9 Å². The third-order valence-electron chi connectivity index (χ3n) is 10.4. The molecule has 0 aliphatic carbocycles. The fourth-order valence-corrected chi connectivity index (χ4v) is 7.74. The first-order valence-corrected chi connectivity index (χ1v) is 18.4. The van der Waals surface area contributed by atoms with Gasteiger partial charge >= 0.3 is 18.1 Å². The molecule has 11 nitrogen and oxygen atoms in total. The number of carbonyl (C=O) groups is 2. The molecule has 2 saturated heterocycles. The lowest BCUT2D eigenvalue weighted by Gasteiger charge is -2.43. The van der Waals surface area contributed by atoms with E-state index in [0.29, 0.717) is 48.5 Å². The van der Waals surface area contributed by atoms with Gasteiger partial charge in [-0.15, -0.1) is 0 Å². The van der Waals surface area contributed by atoms with Crippen molar-refractivity contribution in [1.29, 1.82) is 0 Å². The maximum absolute atomic E-state index is 13.8. The van der Waals surface area contributed by atoms with Crippen LogP contribution < -0.4 is 10.1 Å². The number of aromatic carboxylic acids is 1. The molecule has 16 heteroatoms. The van der Waals surface area contributed by atoms with E-state index in [2.05, 4.69) is 20.2 Å². The highest BCUT2D eigenvalue weighted by molar-refractivity contribution is 6.35. The van der Waals surface area contributed by atoms with Crippen LogP contribution in [0.25, 0.3) is 32.8 Å². The monoisotopic (exact) mass is 786 g/mol. The maximum atomic E-state index is 13.8. The first-order chi connectivity index (χ1) is 26.1. The predicted molar refractivity (Wildman–Crippen MR) is 202 cm³/mol. The summed E-state index contributed by atoms with van der Waals surface area (Å²) >= 11 is 7.01. The number of carboxylic acid groups (broad SMARTS) is 2. The SMILES string of the molecule is Cc1nn(C)c(C)c1-c1c(Cl)ccc2c(CCCOc3cccc4cc(F)ccc34)c(C(=O)O)n(CCN3CCN(C4CNC4)CC3)c12.O=C(O)C(F)(F)F. The minimum atomic E-state index is -5.08. The Kier molecular flexibility index (Phi) is 12.0. The number of aromatic nitrogens is 3. The summed E-state index contributed by atoms with van der Waals surface area (Å²) in [7, 11) is 1.92. The minimum absolute atomic E-state index is 0.290. The number of halogens is 5. The molecule has 0 bridgehead atoms. The summed E-state index contributed by atoms with van der Waals surface area (Å²) in [6.45, 7) is 11.7. The molecule has 0 radical (unpaired) electrons. The lowest BCUT2D eigenvalue weighted by atomic mass is 9.98. The van der Waals surface area contributed by atoms with Crippen LogP contribution in [-0.2, 0) is 24.8 Å². The van der Waals surface area contributed by atoms with E-state index >= 15 is 0 Å². The molecule has 2 aromatic heterocycles. The highest BCUT2D eigenvalue weighted by Gasteiger charge is 2.38. The maximum Gasteiger partial charge on any atom is 0.490 e. The molecule has 5 aromatic rings. The Morgan fingerprint density at radius 3 is 2.27 bits per heavy atom. The van der Waals surface area contributed by atoms with Gasteiger partial charge in [-0.25, -0.2) is 14.0 Å². The third-order valence-corrected chi connectivity index (χ3v) is 10.8. The van der Waals surface area contributed by atoms with Crippen LogP contribution in [0, 0.1) is 19.7 Å². The number of piperazine rings is 1. The molecule has 0 unspecified atom stereocenters. The molecule has 55 heavy (non-hydrogen) atoms. The van der Waals surface area contributed by atoms with Crippen molar-refractivity contribution >= 4 is 45.2 Å². The van der Waals surface area contributed by atoms with E-state index in [1.54, 1.807) is 6.07 Å². The van der Waals surface area contributed by atoms with Gasteiger partial charge in [0.2, 0.25) is 0 Å². The van der Waals surface area contributed by atoms with Crippen molar-refractivity contribution in [2.45, 2.75) is 45.5 Å². The summed E-state index contributed by atoms with van der Waals surface area (Å²) in [6, 6.07) is 14.7. The molecule has 2 fully saturated rings. The van der Waals surface area contributed by atoms with E-state index in [9.17, 15) is 27.5 Å². The fraction of sp³-hybridized carbons (Fsp3) is 0.410. The van der Waals surface area contributed by atoms with Gasteiger partial charge < -0.3 is 24.8 Å². The number of benzene rings is 3. The minimum Gasteiger partial charge on any atom is -0.493 e. The van der Waals surface area contributed by atoms with E-state index in [4.69, 9.17) is 26.2 Å². The lowest BCUT2D eigenvalue weighted by molar-refractivity contribution is -0.192. The Morgan fingerprint density at radius 2 is 1.67 bits per heavy atom. The Balaban J connectivity index is 0.000000672. The van der Waals surface area contributed by atoms with Crippen molar-refractivity contribution in [1.82, 2.24) is 29.5 Å².